The van der Waals surface area contributed by atoms with Gasteiger partial charge in [-0.1, -0.05) is 36.6 Å². The van der Waals surface area contributed by atoms with Gasteiger partial charge in [-0.2, -0.15) is 26.3 Å². The van der Waals surface area contributed by atoms with E-state index < -0.39 is 110 Å². The highest BCUT2D eigenvalue weighted by molar-refractivity contribution is 7.98. The van der Waals surface area contributed by atoms with Crippen LogP contribution in [0.4, 0.5) is 31.1 Å². The first kappa shape index (κ1) is 41.4. The van der Waals surface area contributed by atoms with Crippen LogP contribution in [-0.2, 0) is 41.7 Å². The Hall–Kier alpha value is -4.33. The molecule has 0 radical (unpaired) electrons. The Kier molecular flexibility index (Phi) is 9.54. The maximum Gasteiger partial charge on any atom is 0.437 e. The maximum absolute atomic E-state index is 14.7. The molecule has 4 fully saturated rings. The van der Waals surface area contributed by atoms with E-state index in [1.807, 2.05) is 0 Å². The zero-order valence-electron chi connectivity index (χ0n) is 31.8. The van der Waals surface area contributed by atoms with Gasteiger partial charge in [-0.15, -0.1) is 0 Å². The summed E-state index contributed by atoms with van der Waals surface area (Å²) in [5.74, 6) is -3.97. The smallest absolute Gasteiger partial charge is 0.437 e. The van der Waals surface area contributed by atoms with Crippen molar-refractivity contribution in [1.82, 2.24) is 24.8 Å². The number of carbonyl (C=O) groups is 4. The molecule has 4 amide bonds. The number of ether oxygens (including phenoxy) is 2. The Morgan fingerprint density at radius 3 is 2.44 bits per heavy atom. The summed E-state index contributed by atoms with van der Waals surface area (Å²) < 4.78 is 123. The van der Waals surface area contributed by atoms with Gasteiger partial charge in [0, 0.05) is 28.3 Å². The molecule has 8 rings (SSSR count). The largest absolute Gasteiger partial charge is 0.483 e. The summed E-state index contributed by atoms with van der Waals surface area (Å²) >= 11 is 6.21. The minimum atomic E-state index is -5.01. The minimum absolute atomic E-state index is 0.00700. The lowest BCUT2D eigenvalue weighted by Crippen LogP contribution is -2.57. The van der Waals surface area contributed by atoms with E-state index in [-0.39, 0.29) is 61.0 Å². The molecule has 2 N–H and O–H groups in total. The fourth-order valence-corrected chi connectivity index (χ4v) is 11.0. The molecule has 2 aromatic rings. The number of amides is 4. The van der Waals surface area contributed by atoms with Gasteiger partial charge < -0.3 is 25.0 Å². The molecule has 5 unspecified atom stereocenters. The van der Waals surface area contributed by atoms with Crippen molar-refractivity contribution in [2.45, 2.75) is 131 Å². The number of benzene rings is 1. The second-order valence-electron chi connectivity index (χ2n) is 16.9. The van der Waals surface area contributed by atoms with Crippen LogP contribution in [0.1, 0.15) is 89.3 Å². The van der Waals surface area contributed by atoms with Crippen molar-refractivity contribution >= 4 is 56.3 Å². The van der Waals surface area contributed by atoms with Gasteiger partial charge in [-0.25, -0.2) is 22.5 Å². The van der Waals surface area contributed by atoms with Gasteiger partial charge in [0.1, 0.15) is 23.2 Å². The van der Waals surface area contributed by atoms with Crippen LogP contribution in [-0.4, -0.2) is 92.8 Å². The predicted molar refractivity (Wildman–Crippen MR) is 196 cm³/mol. The highest BCUT2D eigenvalue weighted by atomic mass is 35.5. The third kappa shape index (κ3) is 6.94. The first-order chi connectivity index (χ1) is 27.5. The van der Waals surface area contributed by atoms with Gasteiger partial charge >= 0.3 is 18.4 Å². The zero-order valence-corrected chi connectivity index (χ0v) is 33.3. The second-order valence-corrected chi connectivity index (χ2v) is 19.4. The molecule has 13 nitrogen and oxygen atoms in total. The molecule has 21 heteroatoms. The molecule has 59 heavy (non-hydrogen) atoms. The van der Waals surface area contributed by atoms with Crippen molar-refractivity contribution in [3.05, 3.63) is 46.6 Å². The third-order valence-electron chi connectivity index (χ3n) is 12.4. The van der Waals surface area contributed by atoms with E-state index in [0.717, 1.165) is 9.21 Å². The molecule has 2 aliphatic carbocycles. The standard InChI is InChI=1S/C38H40ClF6N5O8S/c1-33(2,38(43,44)45)58-32(54)47-25-9-7-5-3-4-6-8-20-17-36(20,31(53)50-35(14-15-35)59(50,55)56)48-29(51)26-18-34(19-49(26)30(25)52)13-12-22-23-16-21(39)10-11-24(23)46-28(27(22)57-34)37(40,41)42/h6,8,10-11,16,20,25-26H,3-5,7,9,12-15,17-19H2,1-2H3,(H,47,54)(H,48,51). The van der Waals surface area contributed by atoms with Crippen LogP contribution in [0.25, 0.3) is 10.9 Å². The molecule has 5 atom stereocenters. The quantitative estimate of drug-likeness (QED) is 0.212. The molecule has 2 spiro atoms. The van der Waals surface area contributed by atoms with Crippen molar-refractivity contribution in [2.24, 2.45) is 5.92 Å². The number of rotatable bonds is 3. The number of halogens is 7. The van der Waals surface area contributed by atoms with Gasteiger partial charge in [0.15, 0.2) is 16.3 Å². The van der Waals surface area contributed by atoms with Gasteiger partial charge in [0.2, 0.25) is 17.4 Å². The van der Waals surface area contributed by atoms with E-state index in [1.54, 1.807) is 12.2 Å². The molecule has 2 saturated heterocycles. The number of carbonyl (C=O) groups excluding carboxylic acids is 4. The Balaban J connectivity index is 1.17. The molecule has 0 bridgehead atoms. The summed E-state index contributed by atoms with van der Waals surface area (Å²) in [6.45, 7) is 0.738. The average Bonchev–Trinajstić information content (AvgIpc) is 4.08. The number of allylic oxidation sites excluding steroid dienone is 1. The highest BCUT2D eigenvalue weighted by Gasteiger charge is 2.83. The Morgan fingerprint density at radius 1 is 1.05 bits per heavy atom. The number of sulfonamides is 1. The van der Waals surface area contributed by atoms with Crippen LogP contribution >= 0.6 is 11.6 Å². The van der Waals surface area contributed by atoms with E-state index in [4.69, 9.17) is 21.1 Å². The minimum Gasteiger partial charge on any atom is -0.483 e. The fourth-order valence-electron chi connectivity index (χ4n) is 8.72. The summed E-state index contributed by atoms with van der Waals surface area (Å²) in [6.07, 6.45) is -6.30. The highest BCUT2D eigenvalue weighted by Crippen LogP contribution is 2.64. The third-order valence-corrected chi connectivity index (χ3v) is 15.0. The number of fused-ring (bicyclic) bond motifs is 5. The Bertz CT molecular complexity index is 2300. The molecule has 2 saturated carbocycles. The monoisotopic (exact) mass is 875 g/mol. The topological polar surface area (TPSA) is 164 Å². The molecular formula is C38H40ClF6N5O8S. The molecule has 320 valence electrons. The second kappa shape index (κ2) is 13.6. The molecule has 5 heterocycles. The first-order valence-corrected chi connectivity index (χ1v) is 21.1. The van der Waals surface area contributed by atoms with E-state index in [9.17, 15) is 53.9 Å². The Labute approximate surface area is 339 Å². The lowest BCUT2D eigenvalue weighted by atomic mass is 9.87. The van der Waals surface area contributed by atoms with Gasteiger partial charge in [0.25, 0.3) is 15.9 Å². The first-order valence-electron chi connectivity index (χ1n) is 19.3. The number of aryl methyl sites for hydroxylation is 1. The van der Waals surface area contributed by atoms with Crippen molar-refractivity contribution in [3.63, 3.8) is 0 Å². The normalized spacial score (nSPS) is 30.0. The van der Waals surface area contributed by atoms with Crippen LogP contribution in [0.5, 0.6) is 5.75 Å². The van der Waals surface area contributed by atoms with Crippen LogP contribution in [0.3, 0.4) is 0 Å². The van der Waals surface area contributed by atoms with E-state index in [1.165, 1.54) is 18.2 Å². The molecule has 1 aromatic carbocycles. The number of hydrogen-bond acceptors (Lipinski definition) is 9. The van der Waals surface area contributed by atoms with Gasteiger partial charge in [-0.3, -0.25) is 14.4 Å². The molecule has 6 aliphatic rings. The SMILES string of the molecule is CC(C)(OC(=O)NC1CCCCCC=CC2CC2(C(=O)N2C3(CC3)S2(=O)=O)NC(=O)C2CC3(CCc4c(c(C(F)(F)F)nc5ccc(Cl)cc45)O3)CN2C1=O)C(F)(F)F. The van der Waals surface area contributed by atoms with Crippen molar-refractivity contribution in [3.8, 4) is 5.75 Å². The number of nitrogens with one attached hydrogen (secondary N) is 2. The number of alkyl halides is 6. The number of alkyl carbamates (subject to hydrolysis) is 1. The van der Waals surface area contributed by atoms with Crippen molar-refractivity contribution < 1.29 is 63.4 Å². The zero-order chi connectivity index (χ0) is 42.7. The number of nitrogens with zero attached hydrogens (tertiary/aromatic N) is 3. The summed E-state index contributed by atoms with van der Waals surface area (Å²) in [5.41, 5.74) is -7.53. The molecular weight excluding hydrogens is 836 g/mol. The van der Waals surface area contributed by atoms with Crippen LogP contribution in [0, 0.1) is 5.92 Å². The molecule has 4 aliphatic heterocycles. The van der Waals surface area contributed by atoms with E-state index >= 15 is 0 Å². The lowest BCUT2D eigenvalue weighted by molar-refractivity contribution is -0.244. The van der Waals surface area contributed by atoms with E-state index in [2.05, 4.69) is 15.6 Å². The van der Waals surface area contributed by atoms with Crippen LogP contribution in [0.2, 0.25) is 5.02 Å². The van der Waals surface area contributed by atoms with Crippen LogP contribution in [0.15, 0.2) is 30.4 Å². The van der Waals surface area contributed by atoms with Gasteiger partial charge in [0.05, 0.1) is 12.1 Å². The summed E-state index contributed by atoms with van der Waals surface area (Å²) in [7, 11) is -3.93. The number of pyridine rings is 1. The average molecular weight is 876 g/mol. The van der Waals surface area contributed by atoms with Gasteiger partial charge in [-0.05, 0) is 83.4 Å². The fraction of sp³-hybridized carbons (Fsp3) is 0.605. The summed E-state index contributed by atoms with van der Waals surface area (Å²) in [5, 5.41) is 5.48. The molecule has 1 aromatic heterocycles. The van der Waals surface area contributed by atoms with E-state index in [0.29, 0.717) is 38.5 Å². The predicted octanol–water partition coefficient (Wildman–Crippen LogP) is 6.06. The number of aromatic nitrogens is 1. The summed E-state index contributed by atoms with van der Waals surface area (Å²) in [4.78, 5) is 59.9. The maximum atomic E-state index is 14.7. The number of hydrogen-bond donors (Lipinski definition) is 2. The van der Waals surface area contributed by atoms with Crippen LogP contribution < -0.4 is 15.4 Å². The van der Waals surface area contributed by atoms with Crippen molar-refractivity contribution in [1.29, 1.82) is 0 Å². The van der Waals surface area contributed by atoms with Crippen molar-refractivity contribution in [2.75, 3.05) is 6.54 Å². The lowest BCUT2D eigenvalue weighted by Gasteiger charge is -2.37. The summed E-state index contributed by atoms with van der Waals surface area (Å²) in [6, 6.07) is 1.06. The Morgan fingerprint density at radius 2 is 1.78 bits per heavy atom.